The fraction of sp³-hybridized carbons (Fsp3) is 0.862. The van der Waals surface area contributed by atoms with Gasteiger partial charge in [-0.3, -0.25) is 9.59 Å². The highest BCUT2D eigenvalue weighted by Gasteiger charge is 2.65. The van der Waals surface area contributed by atoms with E-state index >= 15 is 0 Å². The summed E-state index contributed by atoms with van der Waals surface area (Å²) in [5.74, 6) is 2.12. The topological polar surface area (TPSA) is 72.8 Å². The Morgan fingerprint density at radius 2 is 2.00 bits per heavy atom. The Hall–Kier alpha value is -1.36. The number of esters is 1. The first kappa shape index (κ1) is 24.3. The second-order valence-corrected chi connectivity index (χ2v) is 12.9. The van der Waals surface area contributed by atoms with E-state index in [1.54, 1.807) is 5.57 Å². The van der Waals surface area contributed by atoms with Crippen LogP contribution in [0.2, 0.25) is 0 Å². The molecule has 5 heteroatoms. The number of hydrogen-bond donors (Lipinski definition) is 1. The Balaban J connectivity index is 1.30. The van der Waals surface area contributed by atoms with Crippen LogP contribution in [-0.2, 0) is 19.1 Å². The number of carbonyl (C=O) groups is 2. The van der Waals surface area contributed by atoms with Crippen LogP contribution in [0.15, 0.2) is 11.6 Å². The number of fused-ring (bicyclic) bond motifs is 7. The summed E-state index contributed by atoms with van der Waals surface area (Å²) >= 11 is 0. The molecule has 0 spiro atoms. The number of carboxylic acid groups (broad SMARTS) is 1. The van der Waals surface area contributed by atoms with Gasteiger partial charge in [0.15, 0.2) is 0 Å². The van der Waals surface area contributed by atoms with Crippen LogP contribution in [0.4, 0.5) is 0 Å². The predicted octanol–water partition coefficient (Wildman–Crippen LogP) is 6.01. The molecule has 0 amide bonds. The zero-order valence-corrected chi connectivity index (χ0v) is 21.7. The van der Waals surface area contributed by atoms with E-state index < -0.39 is 5.97 Å². The average molecular weight is 473 g/mol. The van der Waals surface area contributed by atoms with Gasteiger partial charge in [-0.25, -0.2) is 0 Å². The third kappa shape index (κ3) is 3.76. The van der Waals surface area contributed by atoms with Crippen LogP contribution in [0.3, 0.4) is 0 Å². The fourth-order valence-electron chi connectivity index (χ4n) is 9.52. The van der Waals surface area contributed by atoms with Crippen molar-refractivity contribution in [2.24, 2.45) is 46.3 Å². The molecular formula is C29H44O5. The van der Waals surface area contributed by atoms with Crippen molar-refractivity contribution in [3.8, 4) is 0 Å². The van der Waals surface area contributed by atoms with Crippen molar-refractivity contribution < 1.29 is 24.2 Å². The summed E-state index contributed by atoms with van der Waals surface area (Å²) in [5.41, 5.74) is 2.13. The van der Waals surface area contributed by atoms with E-state index in [2.05, 4.69) is 26.8 Å². The molecule has 11 atom stereocenters. The lowest BCUT2D eigenvalue weighted by Crippen LogP contribution is -2.51. The summed E-state index contributed by atoms with van der Waals surface area (Å²) in [6.07, 6.45) is 12.6. The van der Waals surface area contributed by atoms with Crippen LogP contribution >= 0.6 is 0 Å². The van der Waals surface area contributed by atoms with Crippen LogP contribution in [0.5, 0.6) is 0 Å². The van der Waals surface area contributed by atoms with Crippen LogP contribution in [-0.4, -0.2) is 35.4 Å². The third-order valence-electron chi connectivity index (χ3n) is 11.3. The normalized spacial score (nSPS) is 48.1. The molecule has 1 aliphatic heterocycles. The number of carboxylic acids is 1. The summed E-state index contributed by atoms with van der Waals surface area (Å²) in [4.78, 5) is 22.8. The van der Waals surface area contributed by atoms with Gasteiger partial charge >= 0.3 is 11.9 Å². The van der Waals surface area contributed by atoms with Crippen molar-refractivity contribution >= 4 is 11.9 Å². The van der Waals surface area contributed by atoms with Crippen molar-refractivity contribution in [3.05, 3.63) is 11.6 Å². The van der Waals surface area contributed by atoms with Gasteiger partial charge in [-0.2, -0.15) is 0 Å². The number of carbonyl (C=O) groups excluding carboxylic acids is 1. The molecule has 1 heterocycles. The van der Waals surface area contributed by atoms with Crippen LogP contribution in [0, 0.1) is 46.3 Å². The van der Waals surface area contributed by atoms with Crippen molar-refractivity contribution in [2.45, 2.75) is 111 Å². The van der Waals surface area contributed by atoms with Crippen molar-refractivity contribution in [1.82, 2.24) is 0 Å². The van der Waals surface area contributed by atoms with E-state index in [-0.39, 0.29) is 29.5 Å². The van der Waals surface area contributed by atoms with E-state index in [1.807, 2.05) is 6.92 Å². The van der Waals surface area contributed by atoms with E-state index in [0.29, 0.717) is 35.7 Å². The lowest BCUT2D eigenvalue weighted by Gasteiger charge is -2.58. The second-order valence-electron chi connectivity index (χ2n) is 12.9. The molecule has 0 aromatic heterocycles. The summed E-state index contributed by atoms with van der Waals surface area (Å²) in [6, 6.07) is 0. The van der Waals surface area contributed by atoms with Gasteiger partial charge in [0.2, 0.25) is 0 Å². The van der Waals surface area contributed by atoms with Crippen LogP contribution in [0.25, 0.3) is 0 Å². The smallest absolute Gasteiger partial charge is 0.306 e. The second kappa shape index (κ2) is 8.64. The first-order valence-electron chi connectivity index (χ1n) is 13.8. The molecule has 0 unspecified atom stereocenters. The lowest BCUT2D eigenvalue weighted by atomic mass is 9.47. The number of hydrogen-bond acceptors (Lipinski definition) is 4. The molecular weight excluding hydrogens is 428 g/mol. The van der Waals surface area contributed by atoms with Gasteiger partial charge in [-0.15, -0.1) is 0 Å². The first-order valence-corrected chi connectivity index (χ1v) is 13.8. The molecule has 0 radical (unpaired) electrons. The predicted molar refractivity (Wildman–Crippen MR) is 130 cm³/mol. The Morgan fingerprint density at radius 1 is 1.24 bits per heavy atom. The number of rotatable bonds is 5. The summed E-state index contributed by atoms with van der Waals surface area (Å²) < 4.78 is 12.3. The SMILES string of the molecule is CC(=O)O[C@H]1CC[C@@]2(C)C(=CC[C@H]3[C@@H]4C[C@@H]5O[C@H](CC[C@@H](C)C(=O)O)[C@@H](C)[C@@H]5[C@@]4(C)CC[C@@H]32)C1. The Bertz CT molecular complexity index is 865. The van der Waals surface area contributed by atoms with Crippen molar-refractivity contribution in [2.75, 3.05) is 0 Å². The fourth-order valence-corrected chi connectivity index (χ4v) is 9.52. The third-order valence-corrected chi connectivity index (χ3v) is 11.3. The van der Waals surface area contributed by atoms with Gasteiger partial charge in [0.05, 0.1) is 18.1 Å². The van der Waals surface area contributed by atoms with Crippen LogP contribution in [0.1, 0.15) is 92.4 Å². The Labute approximate surface area is 205 Å². The van der Waals surface area contributed by atoms with Gasteiger partial charge in [0.1, 0.15) is 6.10 Å². The molecule has 5 aliphatic rings. The van der Waals surface area contributed by atoms with Gasteiger partial charge in [-0.05, 0) is 91.8 Å². The molecule has 4 fully saturated rings. The molecule has 3 saturated carbocycles. The molecule has 34 heavy (non-hydrogen) atoms. The number of ether oxygens (including phenoxy) is 2. The molecule has 0 aromatic rings. The van der Waals surface area contributed by atoms with Gasteiger partial charge in [0, 0.05) is 13.3 Å². The summed E-state index contributed by atoms with van der Waals surface area (Å²) in [7, 11) is 0. The summed E-state index contributed by atoms with van der Waals surface area (Å²) in [5, 5.41) is 9.28. The van der Waals surface area contributed by atoms with E-state index in [9.17, 15) is 14.7 Å². The van der Waals surface area contributed by atoms with Crippen molar-refractivity contribution in [3.63, 3.8) is 0 Å². The van der Waals surface area contributed by atoms with Gasteiger partial charge in [0.25, 0.3) is 0 Å². The number of allylic oxidation sites excluding steroid dienone is 1. The molecule has 1 saturated heterocycles. The van der Waals surface area contributed by atoms with E-state index in [1.165, 1.54) is 26.2 Å². The molecule has 1 N–H and O–H groups in total. The molecule has 5 nitrogen and oxygen atoms in total. The lowest BCUT2D eigenvalue weighted by molar-refractivity contribution is -0.148. The Kier molecular flexibility index (Phi) is 6.18. The van der Waals surface area contributed by atoms with E-state index in [0.717, 1.165) is 43.9 Å². The molecule has 5 rings (SSSR count). The van der Waals surface area contributed by atoms with Gasteiger partial charge < -0.3 is 14.6 Å². The van der Waals surface area contributed by atoms with E-state index in [4.69, 9.17) is 9.47 Å². The quantitative estimate of drug-likeness (QED) is 0.392. The largest absolute Gasteiger partial charge is 0.481 e. The molecule has 4 aliphatic carbocycles. The molecule has 0 bridgehead atoms. The van der Waals surface area contributed by atoms with Crippen molar-refractivity contribution in [1.29, 1.82) is 0 Å². The highest BCUT2D eigenvalue weighted by molar-refractivity contribution is 5.69. The molecule has 190 valence electrons. The zero-order chi connectivity index (χ0) is 24.4. The van der Waals surface area contributed by atoms with Crippen LogP contribution < -0.4 is 0 Å². The minimum atomic E-state index is -0.698. The summed E-state index contributed by atoms with van der Waals surface area (Å²) in [6.45, 7) is 10.8. The highest BCUT2D eigenvalue weighted by atomic mass is 16.5. The minimum Gasteiger partial charge on any atom is -0.481 e. The minimum absolute atomic E-state index is 0.0584. The standard InChI is InChI=1S/C29H44O5/c1-16(27(31)32)6-9-24-17(2)26-25(34-24)15-23-21-8-7-19-14-20(33-18(3)30)10-12-28(19,4)22(21)11-13-29(23,26)5/h7,16-17,20-26H,6,8-15H2,1-5H3,(H,31,32)/t16-,17-,20+,21-,22+,23+,24-,25+,26+,28+,29+/m1/s1. The molecule has 0 aromatic carbocycles. The maximum absolute atomic E-state index is 11.5. The first-order chi connectivity index (χ1) is 16.0. The highest BCUT2D eigenvalue weighted by Crippen LogP contribution is 2.69. The Morgan fingerprint density at radius 3 is 2.71 bits per heavy atom. The average Bonchev–Trinajstić information content (AvgIpc) is 3.25. The van der Waals surface area contributed by atoms with Gasteiger partial charge in [-0.1, -0.05) is 39.3 Å². The monoisotopic (exact) mass is 472 g/mol. The maximum atomic E-state index is 11.5. The number of aliphatic carboxylic acids is 1. The maximum Gasteiger partial charge on any atom is 0.306 e. The zero-order valence-electron chi connectivity index (χ0n) is 21.7.